The molecule has 0 saturated carbocycles. The number of imidazole rings is 1. The molecular formula is C28H33F3N4O5S. The lowest BCUT2D eigenvalue weighted by atomic mass is 9.95. The Morgan fingerprint density at radius 3 is 2.22 bits per heavy atom. The van der Waals surface area contributed by atoms with E-state index in [4.69, 9.17) is 0 Å². The number of pyridine rings is 1. The lowest BCUT2D eigenvalue weighted by Gasteiger charge is -2.22. The van der Waals surface area contributed by atoms with E-state index >= 15 is 0 Å². The predicted octanol–water partition coefficient (Wildman–Crippen LogP) is 4.41. The van der Waals surface area contributed by atoms with Crippen LogP contribution in [0.2, 0.25) is 0 Å². The summed E-state index contributed by atoms with van der Waals surface area (Å²) in [4.78, 5) is 33.5. The number of hydrogen-bond donors (Lipinski definition) is 2. The topological polar surface area (TPSA) is 131 Å². The van der Waals surface area contributed by atoms with Crippen molar-refractivity contribution in [3.05, 3.63) is 76.1 Å². The predicted molar refractivity (Wildman–Crippen MR) is 145 cm³/mol. The molecule has 0 aliphatic rings. The third-order valence-corrected chi connectivity index (χ3v) is 8.35. The largest absolute Gasteiger partial charge is 0.416 e. The molecule has 13 heteroatoms. The van der Waals surface area contributed by atoms with Crippen molar-refractivity contribution in [3.8, 4) is 0 Å². The number of carbonyl (C=O) groups is 2. The lowest BCUT2D eigenvalue weighted by Crippen LogP contribution is -2.31. The number of benzene rings is 1. The van der Waals surface area contributed by atoms with E-state index in [0.717, 1.165) is 19.2 Å². The van der Waals surface area contributed by atoms with Gasteiger partial charge in [0.1, 0.15) is 17.2 Å². The molecule has 0 saturated heterocycles. The highest BCUT2D eigenvalue weighted by molar-refractivity contribution is 7.91. The van der Waals surface area contributed by atoms with Crippen molar-refractivity contribution in [2.75, 3.05) is 12.4 Å². The maximum atomic E-state index is 13.9. The smallest absolute Gasteiger partial charge is 0.394 e. The van der Waals surface area contributed by atoms with Gasteiger partial charge in [-0.2, -0.15) is 13.2 Å². The Balaban J connectivity index is 2.01. The average molecular weight is 595 g/mol. The quantitative estimate of drug-likeness (QED) is 0.351. The number of aliphatic hydroxyl groups excluding tert-OH is 1. The van der Waals surface area contributed by atoms with Gasteiger partial charge in [0.2, 0.25) is 0 Å². The molecule has 41 heavy (non-hydrogen) atoms. The summed E-state index contributed by atoms with van der Waals surface area (Å²) in [6, 6.07) is 5.59. The molecule has 0 bridgehead atoms. The molecule has 2 N–H and O–H groups in total. The number of amides is 1. The third kappa shape index (κ3) is 7.02. The van der Waals surface area contributed by atoms with Crippen LogP contribution < -0.4 is 5.32 Å². The number of sulfone groups is 1. The maximum Gasteiger partial charge on any atom is 0.416 e. The van der Waals surface area contributed by atoms with Crippen LogP contribution in [0.3, 0.4) is 0 Å². The van der Waals surface area contributed by atoms with Gasteiger partial charge < -0.3 is 15.0 Å². The van der Waals surface area contributed by atoms with Crippen LogP contribution in [0.5, 0.6) is 0 Å². The Labute approximate surface area is 236 Å². The zero-order valence-electron chi connectivity index (χ0n) is 23.6. The van der Waals surface area contributed by atoms with Crippen molar-refractivity contribution in [2.45, 2.75) is 70.6 Å². The van der Waals surface area contributed by atoms with Crippen molar-refractivity contribution in [2.24, 2.45) is 0 Å². The molecular weight excluding hydrogens is 561 g/mol. The Bertz CT molecular complexity index is 1560. The van der Waals surface area contributed by atoms with Gasteiger partial charge in [-0.05, 0) is 30.7 Å². The minimum Gasteiger partial charge on any atom is -0.394 e. The van der Waals surface area contributed by atoms with E-state index in [0.29, 0.717) is 11.4 Å². The van der Waals surface area contributed by atoms with E-state index in [1.165, 1.54) is 35.8 Å². The van der Waals surface area contributed by atoms with E-state index in [1.807, 2.05) is 0 Å². The number of rotatable bonds is 9. The van der Waals surface area contributed by atoms with Crippen LogP contribution in [0.1, 0.15) is 89.8 Å². The number of nitrogens with one attached hydrogen (secondary N) is 1. The van der Waals surface area contributed by atoms with Crippen molar-refractivity contribution >= 4 is 21.5 Å². The van der Waals surface area contributed by atoms with Crippen molar-refractivity contribution in [1.29, 1.82) is 0 Å². The Hall–Kier alpha value is -3.58. The van der Waals surface area contributed by atoms with Crippen molar-refractivity contribution in [1.82, 2.24) is 19.9 Å². The first-order valence-electron chi connectivity index (χ1n) is 12.8. The number of Topliss-reactive ketones (excluding diaryl/α,β-unsaturated/α-hetero) is 1. The fourth-order valence-corrected chi connectivity index (χ4v) is 5.17. The van der Waals surface area contributed by atoms with Gasteiger partial charge in [-0.25, -0.2) is 13.4 Å². The summed E-state index contributed by atoms with van der Waals surface area (Å²) in [6.45, 7) is 8.81. The number of nitrogens with zero attached hydrogens (tertiary/aromatic N) is 3. The van der Waals surface area contributed by atoms with Crippen LogP contribution in [0.4, 0.5) is 13.2 Å². The van der Waals surface area contributed by atoms with Crippen LogP contribution in [0.15, 0.2) is 41.4 Å². The number of aromatic nitrogens is 3. The van der Waals surface area contributed by atoms with Crippen LogP contribution in [0.25, 0.3) is 0 Å². The van der Waals surface area contributed by atoms with E-state index in [2.05, 4.69) is 15.3 Å². The van der Waals surface area contributed by atoms with Crippen LogP contribution in [0, 0.1) is 6.92 Å². The van der Waals surface area contributed by atoms with Gasteiger partial charge in [-0.3, -0.25) is 14.6 Å². The number of hydrogen-bond acceptors (Lipinski definition) is 7. The van der Waals surface area contributed by atoms with E-state index < -0.39 is 51.3 Å². The molecule has 2 aromatic heterocycles. The summed E-state index contributed by atoms with van der Waals surface area (Å²) in [6.07, 6.45) is -3.74. The highest BCUT2D eigenvalue weighted by atomic mass is 32.2. The summed E-state index contributed by atoms with van der Waals surface area (Å²) in [5.41, 5.74) is -1.49. The summed E-state index contributed by atoms with van der Waals surface area (Å²) < 4.78 is 67.5. The molecule has 222 valence electrons. The fourth-order valence-electron chi connectivity index (χ4n) is 4.29. The first kappa shape index (κ1) is 31.9. The van der Waals surface area contributed by atoms with Gasteiger partial charge >= 0.3 is 6.18 Å². The fraction of sp³-hybridized carbons (Fsp3) is 0.429. The molecule has 3 aromatic rings. The molecule has 0 aliphatic carbocycles. The molecule has 0 fully saturated rings. The van der Waals surface area contributed by atoms with E-state index in [1.54, 1.807) is 27.7 Å². The SMILES string of the molecule is CCS(=O)(=O)c1ccc(C(CO)NC(=O)c2nc(C(C)(C)C)n(Cc3cnc(C(C)=O)cc3C(F)(F)F)c2C)cc1. The van der Waals surface area contributed by atoms with E-state index in [9.17, 15) is 36.3 Å². The van der Waals surface area contributed by atoms with Gasteiger partial charge in [0, 0.05) is 29.8 Å². The monoisotopic (exact) mass is 594 g/mol. The van der Waals surface area contributed by atoms with Gasteiger partial charge in [0.15, 0.2) is 15.6 Å². The first-order valence-corrected chi connectivity index (χ1v) is 14.4. The molecule has 0 radical (unpaired) electrons. The molecule has 1 amide bonds. The maximum absolute atomic E-state index is 13.9. The number of halogens is 3. The number of ketones is 1. The third-order valence-electron chi connectivity index (χ3n) is 6.60. The molecule has 0 aliphatic heterocycles. The zero-order valence-corrected chi connectivity index (χ0v) is 24.4. The molecule has 9 nitrogen and oxygen atoms in total. The van der Waals surface area contributed by atoms with Gasteiger partial charge in [-0.1, -0.05) is 39.8 Å². The number of carbonyl (C=O) groups excluding carboxylic acids is 2. The Morgan fingerprint density at radius 2 is 1.73 bits per heavy atom. The second kappa shape index (κ2) is 11.7. The molecule has 1 unspecified atom stereocenters. The molecule has 1 aromatic carbocycles. The summed E-state index contributed by atoms with van der Waals surface area (Å²) in [7, 11) is -3.43. The molecule has 1 atom stereocenters. The van der Waals surface area contributed by atoms with Gasteiger partial charge in [0.25, 0.3) is 5.91 Å². The van der Waals surface area contributed by atoms with Crippen molar-refractivity contribution in [3.63, 3.8) is 0 Å². The first-order chi connectivity index (χ1) is 18.9. The van der Waals surface area contributed by atoms with Crippen LogP contribution in [-0.4, -0.2) is 52.1 Å². The summed E-state index contributed by atoms with van der Waals surface area (Å²) >= 11 is 0. The average Bonchev–Trinajstić information content (AvgIpc) is 3.23. The standard InChI is InChI=1S/C28H33F3N4O5S/c1-7-41(39,40)20-10-8-18(9-11-20)23(15-36)33-25(38)24-16(2)35(26(34-24)27(4,5)6)14-19-13-32-22(17(3)37)12-21(19)28(29,30)31/h8-13,23,36H,7,14-15H2,1-6H3,(H,33,38). The minimum absolute atomic E-state index is 0.0413. The number of aliphatic hydroxyl groups is 1. The lowest BCUT2D eigenvalue weighted by molar-refractivity contribution is -0.138. The summed E-state index contributed by atoms with van der Waals surface area (Å²) in [5, 5.41) is 12.7. The normalized spacial score (nSPS) is 13.2. The van der Waals surface area contributed by atoms with Gasteiger partial charge in [0.05, 0.1) is 35.4 Å². The second-order valence-electron chi connectivity index (χ2n) is 10.7. The molecule has 3 rings (SSSR count). The van der Waals surface area contributed by atoms with Crippen molar-refractivity contribution < 1.29 is 36.3 Å². The summed E-state index contributed by atoms with van der Waals surface area (Å²) in [5.74, 6) is -1.00. The Kier molecular flexibility index (Phi) is 9.14. The van der Waals surface area contributed by atoms with Gasteiger partial charge in [-0.15, -0.1) is 0 Å². The van der Waals surface area contributed by atoms with Crippen LogP contribution in [-0.2, 0) is 28.0 Å². The molecule has 0 spiro atoms. The zero-order chi connectivity index (χ0) is 30.9. The highest BCUT2D eigenvalue weighted by Gasteiger charge is 2.36. The molecule has 2 heterocycles. The second-order valence-corrected chi connectivity index (χ2v) is 12.9. The highest BCUT2D eigenvalue weighted by Crippen LogP contribution is 2.34. The van der Waals surface area contributed by atoms with Crippen LogP contribution >= 0.6 is 0 Å². The van der Waals surface area contributed by atoms with E-state index in [-0.39, 0.29) is 39.8 Å². The Morgan fingerprint density at radius 1 is 1.12 bits per heavy atom. The number of alkyl halides is 3. The minimum atomic E-state index is -4.75.